The third-order valence-electron chi connectivity index (χ3n) is 4.95. The average Bonchev–Trinajstić information content (AvgIpc) is 2.64. The van der Waals surface area contributed by atoms with Crippen LogP contribution < -0.4 is 0 Å². The zero-order chi connectivity index (χ0) is 19.8. The maximum atomic E-state index is 12.7. The van der Waals surface area contributed by atoms with Gasteiger partial charge >= 0.3 is 0 Å². The van der Waals surface area contributed by atoms with Crippen LogP contribution in [0.1, 0.15) is 84.5 Å². The number of hydrogen-bond donors (Lipinski definition) is 0. The molecule has 0 aliphatic heterocycles. The number of carbonyl (C=O) groups is 2. The maximum absolute atomic E-state index is 12.7. The van der Waals surface area contributed by atoms with Crippen molar-refractivity contribution in [3.05, 3.63) is 12.7 Å². The minimum Gasteiger partial charge on any atom is -0.345 e. The monoisotopic (exact) mass is 366 g/mol. The van der Waals surface area contributed by atoms with Crippen molar-refractivity contribution in [3.63, 3.8) is 0 Å². The van der Waals surface area contributed by atoms with Crippen LogP contribution in [-0.2, 0) is 9.59 Å². The molecule has 26 heavy (non-hydrogen) atoms. The summed E-state index contributed by atoms with van der Waals surface area (Å²) in [5, 5.41) is 0. The molecule has 0 rings (SSSR count). The number of unbranched alkanes of at least 4 members (excludes halogenated alkanes) is 8. The Hall–Kier alpha value is -1.32. The molecular weight excluding hydrogens is 324 g/mol. The average molecular weight is 367 g/mol. The van der Waals surface area contributed by atoms with E-state index in [2.05, 4.69) is 20.4 Å². The van der Waals surface area contributed by atoms with Gasteiger partial charge in [0.25, 0.3) is 0 Å². The standard InChI is InChI=1S/C22H42N2O2/c1-6-9-11-13-15-18-23(4)21(25)20(17-8-3)22(26)24(5)19-16-14-12-10-7-2/h8,20H,3,6-7,9-19H2,1-2,4-5H3. The predicted octanol–water partition coefficient (Wildman–Crippen LogP) is 5.04. The summed E-state index contributed by atoms with van der Waals surface area (Å²) < 4.78 is 0. The molecular formula is C22H42N2O2. The lowest BCUT2D eigenvalue weighted by Gasteiger charge is -2.26. The molecule has 0 aromatic heterocycles. The normalized spacial score (nSPS) is 10.8. The van der Waals surface area contributed by atoms with Crippen molar-refractivity contribution in [2.45, 2.75) is 84.5 Å². The molecule has 152 valence electrons. The number of rotatable bonds is 16. The Balaban J connectivity index is 4.45. The SMILES string of the molecule is C=CCC(C(=O)N(C)CCCCCCC)C(=O)N(C)CCCCCCC. The minimum absolute atomic E-state index is 0.0665. The van der Waals surface area contributed by atoms with Gasteiger partial charge in [-0.1, -0.05) is 71.3 Å². The van der Waals surface area contributed by atoms with Gasteiger partial charge in [-0.2, -0.15) is 0 Å². The molecule has 2 amide bonds. The van der Waals surface area contributed by atoms with E-state index >= 15 is 0 Å². The molecule has 0 bridgehead atoms. The second-order valence-corrected chi connectivity index (χ2v) is 7.42. The van der Waals surface area contributed by atoms with E-state index in [9.17, 15) is 9.59 Å². The topological polar surface area (TPSA) is 40.6 Å². The molecule has 4 heteroatoms. The summed E-state index contributed by atoms with van der Waals surface area (Å²) in [5.74, 6) is -0.750. The molecule has 0 aromatic carbocycles. The molecule has 0 heterocycles. The fourth-order valence-electron chi connectivity index (χ4n) is 3.13. The second kappa shape index (κ2) is 15.9. The lowest BCUT2D eigenvalue weighted by Crippen LogP contribution is -2.43. The van der Waals surface area contributed by atoms with Gasteiger partial charge in [0.1, 0.15) is 5.92 Å². The van der Waals surface area contributed by atoms with E-state index in [1.807, 2.05) is 14.1 Å². The first-order valence-corrected chi connectivity index (χ1v) is 10.6. The lowest BCUT2D eigenvalue weighted by atomic mass is 10.0. The van der Waals surface area contributed by atoms with Gasteiger partial charge in [0.2, 0.25) is 11.8 Å². The quantitative estimate of drug-likeness (QED) is 0.218. The van der Waals surface area contributed by atoms with Crippen molar-refractivity contribution < 1.29 is 9.59 Å². The van der Waals surface area contributed by atoms with Crippen LogP contribution in [0.4, 0.5) is 0 Å². The second-order valence-electron chi connectivity index (χ2n) is 7.42. The molecule has 0 atom stereocenters. The van der Waals surface area contributed by atoms with Crippen molar-refractivity contribution in [2.24, 2.45) is 5.92 Å². The Bertz CT molecular complexity index is 364. The van der Waals surface area contributed by atoms with Crippen LogP contribution >= 0.6 is 0 Å². The molecule has 0 saturated heterocycles. The van der Waals surface area contributed by atoms with Gasteiger partial charge in [-0.25, -0.2) is 0 Å². The Morgan fingerprint density at radius 3 is 1.50 bits per heavy atom. The highest BCUT2D eigenvalue weighted by atomic mass is 16.2. The third kappa shape index (κ3) is 10.6. The Labute approximate surface area is 162 Å². The van der Waals surface area contributed by atoms with Crippen LogP contribution in [0, 0.1) is 5.92 Å². The van der Waals surface area contributed by atoms with Gasteiger partial charge in [-0.3, -0.25) is 9.59 Å². The molecule has 0 unspecified atom stereocenters. The summed E-state index contributed by atoms with van der Waals surface area (Å²) in [4.78, 5) is 28.9. The summed E-state index contributed by atoms with van der Waals surface area (Å²) >= 11 is 0. The van der Waals surface area contributed by atoms with E-state index in [0.29, 0.717) is 6.42 Å². The first-order chi connectivity index (χ1) is 12.5. The maximum Gasteiger partial charge on any atom is 0.235 e. The van der Waals surface area contributed by atoms with E-state index < -0.39 is 5.92 Å². The van der Waals surface area contributed by atoms with Crippen molar-refractivity contribution in [3.8, 4) is 0 Å². The van der Waals surface area contributed by atoms with Crippen LogP contribution in [0.25, 0.3) is 0 Å². The zero-order valence-electron chi connectivity index (χ0n) is 17.8. The van der Waals surface area contributed by atoms with E-state index in [1.165, 1.54) is 38.5 Å². The first-order valence-electron chi connectivity index (χ1n) is 10.6. The molecule has 4 nitrogen and oxygen atoms in total. The number of allylic oxidation sites excluding steroid dienone is 1. The molecule has 0 N–H and O–H groups in total. The Morgan fingerprint density at radius 2 is 1.15 bits per heavy atom. The molecule has 0 aromatic rings. The number of hydrogen-bond acceptors (Lipinski definition) is 2. The van der Waals surface area contributed by atoms with Crippen molar-refractivity contribution in [1.82, 2.24) is 9.80 Å². The van der Waals surface area contributed by atoms with Crippen LogP contribution in [0.15, 0.2) is 12.7 Å². The molecule has 0 spiro atoms. The lowest BCUT2D eigenvalue weighted by molar-refractivity contribution is -0.145. The highest BCUT2D eigenvalue weighted by molar-refractivity contribution is 6.00. The Kier molecular flexibility index (Phi) is 15.1. The highest BCUT2D eigenvalue weighted by Crippen LogP contribution is 2.14. The largest absolute Gasteiger partial charge is 0.345 e. The molecule has 0 aliphatic carbocycles. The van der Waals surface area contributed by atoms with Gasteiger partial charge in [-0.05, 0) is 19.3 Å². The third-order valence-corrected chi connectivity index (χ3v) is 4.95. The van der Waals surface area contributed by atoms with Crippen molar-refractivity contribution in [2.75, 3.05) is 27.2 Å². The van der Waals surface area contributed by atoms with Gasteiger partial charge in [0, 0.05) is 27.2 Å². The van der Waals surface area contributed by atoms with E-state index in [1.54, 1.807) is 15.9 Å². The van der Waals surface area contributed by atoms with Gasteiger partial charge in [-0.15, -0.1) is 6.58 Å². The minimum atomic E-state index is -0.617. The summed E-state index contributed by atoms with van der Waals surface area (Å²) in [6.07, 6.45) is 13.8. The molecule has 0 fully saturated rings. The van der Waals surface area contributed by atoms with Crippen LogP contribution in [0.2, 0.25) is 0 Å². The smallest absolute Gasteiger partial charge is 0.235 e. The van der Waals surface area contributed by atoms with Crippen LogP contribution in [-0.4, -0.2) is 48.8 Å². The summed E-state index contributed by atoms with van der Waals surface area (Å²) in [7, 11) is 3.63. The summed E-state index contributed by atoms with van der Waals surface area (Å²) in [6.45, 7) is 9.58. The van der Waals surface area contributed by atoms with Crippen molar-refractivity contribution >= 4 is 11.8 Å². The van der Waals surface area contributed by atoms with Crippen molar-refractivity contribution in [1.29, 1.82) is 0 Å². The van der Waals surface area contributed by atoms with E-state index in [-0.39, 0.29) is 11.8 Å². The van der Waals surface area contributed by atoms with Crippen LogP contribution in [0.5, 0.6) is 0 Å². The number of carbonyl (C=O) groups excluding carboxylic acids is 2. The van der Waals surface area contributed by atoms with E-state index in [4.69, 9.17) is 0 Å². The fraction of sp³-hybridized carbons (Fsp3) is 0.818. The molecule has 0 saturated carbocycles. The highest BCUT2D eigenvalue weighted by Gasteiger charge is 2.30. The first kappa shape index (κ1) is 24.7. The summed E-state index contributed by atoms with van der Waals surface area (Å²) in [6, 6.07) is 0. The van der Waals surface area contributed by atoms with Gasteiger partial charge in [0.15, 0.2) is 0 Å². The number of amides is 2. The number of nitrogens with zero attached hydrogens (tertiary/aromatic N) is 2. The van der Waals surface area contributed by atoms with Gasteiger partial charge < -0.3 is 9.80 Å². The Morgan fingerprint density at radius 1 is 0.769 bits per heavy atom. The zero-order valence-corrected chi connectivity index (χ0v) is 17.8. The molecule has 0 radical (unpaired) electrons. The van der Waals surface area contributed by atoms with Gasteiger partial charge in [0.05, 0.1) is 0 Å². The fourth-order valence-corrected chi connectivity index (χ4v) is 3.13. The summed E-state index contributed by atoms with van der Waals surface area (Å²) in [5.41, 5.74) is 0. The predicted molar refractivity (Wildman–Crippen MR) is 111 cm³/mol. The molecule has 0 aliphatic rings. The van der Waals surface area contributed by atoms with E-state index in [0.717, 1.165) is 38.8 Å². The van der Waals surface area contributed by atoms with Crippen LogP contribution in [0.3, 0.4) is 0 Å².